The lowest BCUT2D eigenvalue weighted by Gasteiger charge is -2.26. The van der Waals surface area contributed by atoms with Crippen LogP contribution in [0.1, 0.15) is 125 Å². The van der Waals surface area contributed by atoms with Gasteiger partial charge in [0.2, 0.25) is 30.1 Å². The number of nitrogens with two attached hydrogens (primary N) is 1. The molecule has 6 atom stereocenters. The first-order valence-corrected chi connectivity index (χ1v) is 64.9. The van der Waals surface area contributed by atoms with Crippen molar-refractivity contribution in [1.29, 1.82) is 0 Å². The molecule has 0 fully saturated rings. The Morgan fingerprint density at radius 2 is 0.621 bits per heavy atom. The third-order valence-electron chi connectivity index (χ3n) is 22.8. The van der Waals surface area contributed by atoms with Crippen LogP contribution in [0, 0.1) is 0 Å². The Labute approximate surface area is 785 Å². The maximum atomic E-state index is 13.9. The quantitative estimate of drug-likeness (QED) is 0.0138. The van der Waals surface area contributed by atoms with E-state index in [-0.39, 0.29) is 76.0 Å². The third-order valence-corrected chi connectivity index (χ3v) is 34.1. The number of carboxylic acids is 2. The topological polar surface area (TPSA) is 328 Å². The van der Waals surface area contributed by atoms with Gasteiger partial charge in [0.15, 0.2) is 0 Å². The number of nitrogens with zero attached hydrogens (tertiary/aromatic N) is 2. The van der Waals surface area contributed by atoms with E-state index in [0.29, 0.717) is 60.4 Å². The van der Waals surface area contributed by atoms with Gasteiger partial charge in [-0.05, 0) is 187 Å². The van der Waals surface area contributed by atoms with Crippen molar-refractivity contribution in [2.24, 2.45) is 5.14 Å². The summed E-state index contributed by atoms with van der Waals surface area (Å²) >= 11 is 0. The molecule has 25 nitrogen and oxygen atoms in total. The maximum Gasteiger partial charge on any atom is 0.306 e. The van der Waals surface area contributed by atoms with Gasteiger partial charge >= 0.3 is 17.9 Å². The Bertz CT molecular complexity index is 5490. The number of hydrogen-bond donors (Lipinski definition) is 3. The number of para-hydroxylation sites is 3. The van der Waals surface area contributed by atoms with Crippen LogP contribution in [0.4, 0.5) is 0 Å². The lowest BCUT2D eigenvalue weighted by Crippen LogP contribution is -2.39. The van der Waals surface area contributed by atoms with E-state index < -0.39 is 104 Å². The molecule has 0 saturated carbocycles. The van der Waals surface area contributed by atoms with E-state index in [0.717, 1.165) is 131 Å². The summed E-state index contributed by atoms with van der Waals surface area (Å²) in [5.74, 6) is 0.850. The predicted molar refractivity (Wildman–Crippen MR) is 528 cm³/mol. The normalized spacial score (nSPS) is 15.7. The van der Waals surface area contributed by atoms with Crippen LogP contribution in [0.2, 0.25) is 103 Å². The van der Waals surface area contributed by atoms with Gasteiger partial charge in [0.1, 0.15) is 97.0 Å². The second-order valence-electron chi connectivity index (χ2n) is 38.6. The van der Waals surface area contributed by atoms with Crippen LogP contribution in [0.25, 0.3) is 0 Å². The summed E-state index contributed by atoms with van der Waals surface area (Å²) in [6, 6.07) is 72.0. The van der Waals surface area contributed by atoms with Gasteiger partial charge in [0.25, 0.3) is 0 Å². The number of aliphatic carboxylic acids is 2. The molecule has 0 heterocycles. The lowest BCUT2D eigenvalue weighted by molar-refractivity contribution is -0.141. The fourth-order valence-electron chi connectivity index (χ4n) is 15.3. The van der Waals surface area contributed by atoms with Crippen molar-refractivity contribution in [2.45, 2.75) is 197 Å². The standard InChI is InChI=1S/C38H55NO8SSi2.C37H53NO8SSi2.C25H25NO6S/c1-43-38(40)26-31(27-48(41,42)39(28-44-22-24-49(2,3)4)29-45-23-25-50(5,6)7)30-16-18-33(19-17-30)47-37-21-20-35-34(37)14-11-15-36(35)46-32-12-9-8-10-13-32;1-48(2,3)23-21-43-27-38(28-44-22-24-49(4,5)6)47(41,42)26-30(25-37(39)40)29-15-17-32(18-16-29)46-36-20-19-34-33(36)13-10-14-35(34)45-31-11-8-7-9-12-31;26-33(29,30)16-18(15-25(27)28)17-9-11-20(12-10-17)32-24-14-13-22-21(24)7-4-8-23(22)31-19-5-2-1-3-6-19/h8-19,31,37H,20-29H2,1-7H3;7-18,30,36H,19-28H2,1-6H3,(H,39,40);1-12,18,24H,13-16H2,(H,27,28)(H2,26,29,30)/t31?,37-;30?,36-;18?,24-/m111/s1. The summed E-state index contributed by atoms with van der Waals surface area (Å²) in [5.41, 5.74) is 8.53. The number of sulfonamides is 3. The van der Waals surface area contributed by atoms with E-state index in [2.05, 4.69) is 90.7 Å². The molecule has 0 bridgehead atoms. The predicted octanol–water partition coefficient (Wildman–Crippen LogP) is 21.2. The monoisotopic (exact) mass is 1940 g/mol. The first-order chi connectivity index (χ1) is 62.5. The summed E-state index contributed by atoms with van der Waals surface area (Å²) < 4.78 is 147. The van der Waals surface area contributed by atoms with E-state index in [1.54, 1.807) is 48.5 Å². The Kier molecular flexibility index (Phi) is 38.6. The number of carbonyl (C=O) groups excluding carboxylic acids is 1. The van der Waals surface area contributed by atoms with Crippen molar-refractivity contribution in [3.63, 3.8) is 0 Å². The molecule has 132 heavy (non-hydrogen) atoms. The molecule has 0 aromatic heterocycles. The smallest absolute Gasteiger partial charge is 0.306 e. The first-order valence-electron chi connectivity index (χ1n) is 45.1. The molecule has 3 aliphatic rings. The number of primary sulfonamides is 1. The zero-order valence-corrected chi connectivity index (χ0v) is 84.9. The van der Waals surface area contributed by atoms with Crippen LogP contribution in [0.5, 0.6) is 51.7 Å². The maximum absolute atomic E-state index is 13.9. The highest BCUT2D eigenvalue weighted by Gasteiger charge is 2.36. The number of esters is 1. The number of fused-ring (bicyclic) bond motifs is 3. The van der Waals surface area contributed by atoms with Gasteiger partial charge in [-0.2, -0.15) is 8.61 Å². The molecule has 0 spiro atoms. The summed E-state index contributed by atoms with van der Waals surface area (Å²) in [6.45, 7) is 28.4. The van der Waals surface area contributed by atoms with Gasteiger partial charge in [0.05, 0.1) is 43.6 Å². The highest BCUT2D eigenvalue weighted by molar-refractivity contribution is 7.89. The van der Waals surface area contributed by atoms with E-state index in [9.17, 15) is 44.7 Å². The van der Waals surface area contributed by atoms with Crippen LogP contribution in [-0.2, 0) is 87.4 Å². The van der Waals surface area contributed by atoms with Gasteiger partial charge in [-0.1, -0.05) is 206 Å². The fourth-order valence-corrected chi connectivity index (χ4v) is 22.2. The SMILES string of the molecule is COC(=O)CC(CS(=O)(=O)N(COCC[Si](C)(C)C)COCC[Si](C)(C)C)c1ccc(O[C@@H]2CCc3c(Oc4ccccc4)cccc32)cc1.C[Si](C)(C)CCOCN(COCC[Si](C)(C)C)S(=O)(=O)CC(CC(=O)O)c1ccc(O[C@@H]2CCc3c(Oc4ccccc4)cccc32)cc1.NS(=O)(=O)CC(CC(=O)O)c1ccc(O[C@@H]2CCc3c(Oc4ccccc4)cccc32)cc1. The minimum Gasteiger partial charge on any atom is -0.486 e. The molecule has 3 unspecified atom stereocenters. The molecule has 9 aromatic carbocycles. The first kappa shape index (κ1) is 105. The molecule has 0 amide bonds. The summed E-state index contributed by atoms with van der Waals surface area (Å²) in [5, 5.41) is 24.0. The van der Waals surface area contributed by atoms with Gasteiger partial charge < -0.3 is 62.3 Å². The Hall–Kier alpha value is -9.37. The molecule has 3 aliphatic carbocycles. The highest BCUT2D eigenvalue weighted by Crippen LogP contribution is 2.45. The minimum atomic E-state index is -3.94. The average molecular weight is 1940 g/mol. The number of methoxy groups -OCH3 is 1. The van der Waals surface area contributed by atoms with E-state index in [1.165, 1.54) is 15.7 Å². The minimum absolute atomic E-state index is 0.0864. The molecule has 0 saturated heterocycles. The van der Waals surface area contributed by atoms with Gasteiger partial charge in [0, 0.05) is 93.2 Å². The molecule has 9 aromatic rings. The summed E-state index contributed by atoms with van der Waals surface area (Å²) in [7, 11) is -15.8. The Morgan fingerprint density at radius 3 is 0.871 bits per heavy atom. The van der Waals surface area contributed by atoms with Crippen LogP contribution in [-0.4, -0.2) is 172 Å². The van der Waals surface area contributed by atoms with Gasteiger partial charge in [-0.3, -0.25) is 14.4 Å². The van der Waals surface area contributed by atoms with Crippen molar-refractivity contribution in [1.82, 2.24) is 8.61 Å². The summed E-state index contributed by atoms with van der Waals surface area (Å²) in [6.07, 6.45) is 3.71. The second-order valence-corrected chi connectivity index (χ2v) is 66.8. The summed E-state index contributed by atoms with van der Waals surface area (Å²) in [4.78, 5) is 35.6. The highest BCUT2D eigenvalue weighted by atomic mass is 32.2. The van der Waals surface area contributed by atoms with Crippen LogP contribution in [0.15, 0.2) is 218 Å². The Balaban J connectivity index is 0.000000210. The average Bonchev–Trinajstić information content (AvgIpc) is 1.72. The number of rotatable bonds is 49. The fraction of sp³-hybridized carbons (Fsp3) is 0.430. The number of carboxylic acid groups (broad SMARTS) is 2. The van der Waals surface area contributed by atoms with Crippen LogP contribution < -0.4 is 33.6 Å². The largest absolute Gasteiger partial charge is 0.486 e. The molecule has 714 valence electrons. The van der Waals surface area contributed by atoms with E-state index in [1.807, 2.05) is 158 Å². The number of ether oxygens (including phenoxy) is 11. The number of benzene rings is 9. The van der Waals surface area contributed by atoms with Crippen molar-refractivity contribution in [3.8, 4) is 51.7 Å². The zero-order chi connectivity index (χ0) is 95.4. The van der Waals surface area contributed by atoms with Gasteiger partial charge in [-0.25, -0.2) is 30.4 Å². The van der Waals surface area contributed by atoms with E-state index in [4.69, 9.17) is 62.4 Å². The zero-order valence-electron chi connectivity index (χ0n) is 78.5. The second kappa shape index (κ2) is 48.7. The third kappa shape index (κ3) is 34.8. The molecule has 0 radical (unpaired) electrons. The van der Waals surface area contributed by atoms with Crippen LogP contribution in [0.3, 0.4) is 0 Å². The van der Waals surface area contributed by atoms with Crippen LogP contribution >= 0.6 is 0 Å². The molecule has 12 rings (SSSR count). The Morgan fingerprint density at radius 1 is 0.356 bits per heavy atom. The lowest BCUT2D eigenvalue weighted by atomic mass is 9.97. The van der Waals surface area contributed by atoms with Crippen molar-refractivity contribution >= 4 is 80.3 Å². The number of hydrogen-bond acceptors (Lipinski definition) is 20. The molecule has 32 heteroatoms. The van der Waals surface area contributed by atoms with Crippen molar-refractivity contribution < 1.29 is 102 Å². The molecule has 0 aliphatic heterocycles. The van der Waals surface area contributed by atoms with Crippen molar-refractivity contribution in [3.05, 3.63) is 268 Å². The van der Waals surface area contributed by atoms with Gasteiger partial charge in [-0.15, -0.1) is 0 Å². The molecular formula is C100H133N3O22S3Si4. The molecular weight excluding hydrogens is 1800 g/mol. The van der Waals surface area contributed by atoms with E-state index >= 15 is 0 Å². The van der Waals surface area contributed by atoms with Crippen molar-refractivity contribution in [2.75, 3.05) is 77.7 Å². The number of carbonyl (C=O) groups is 3. The molecule has 4 N–H and O–H groups in total.